The van der Waals surface area contributed by atoms with Crippen LogP contribution in [-0.2, 0) is 9.53 Å². The molecule has 4 rings (SSSR count). The number of nitro groups is 1. The van der Waals surface area contributed by atoms with E-state index in [0.29, 0.717) is 23.5 Å². The Kier molecular flexibility index (Phi) is 7.58. The zero-order valence-electron chi connectivity index (χ0n) is 20.0. The van der Waals surface area contributed by atoms with E-state index < -0.39 is 16.9 Å². The molecule has 3 aromatic rings. The van der Waals surface area contributed by atoms with Crippen molar-refractivity contribution >= 4 is 29.6 Å². The summed E-state index contributed by atoms with van der Waals surface area (Å²) in [5.74, 6) is -0.151. The monoisotopic (exact) mass is 502 g/mol. The highest BCUT2D eigenvalue weighted by Gasteiger charge is 2.24. The van der Waals surface area contributed by atoms with Crippen molar-refractivity contribution in [3.05, 3.63) is 99.2 Å². The fourth-order valence-corrected chi connectivity index (χ4v) is 3.42. The van der Waals surface area contributed by atoms with Gasteiger partial charge in [0, 0.05) is 17.7 Å². The van der Waals surface area contributed by atoms with Crippen LogP contribution < -0.4 is 14.2 Å². The van der Waals surface area contributed by atoms with Gasteiger partial charge in [-0.1, -0.05) is 12.1 Å². The molecule has 0 spiro atoms. The first-order valence-electron chi connectivity index (χ1n) is 11.4. The first kappa shape index (κ1) is 25.1. The number of nitrogens with zero attached hydrogens (tertiary/aromatic N) is 2. The number of hydrogen-bond donors (Lipinski definition) is 0. The quantitative estimate of drug-likeness (QED) is 0.132. The number of carbonyl (C=O) groups is 2. The van der Waals surface area contributed by atoms with Crippen LogP contribution in [0.1, 0.15) is 35.3 Å². The zero-order chi connectivity index (χ0) is 26.4. The molecule has 10 nitrogen and oxygen atoms in total. The lowest BCUT2D eigenvalue weighted by atomic mass is 10.1. The maximum absolute atomic E-state index is 12.6. The lowest BCUT2D eigenvalue weighted by Crippen LogP contribution is -2.10. The van der Waals surface area contributed by atoms with Crippen LogP contribution in [0.15, 0.2) is 77.4 Å². The minimum absolute atomic E-state index is 0.0210. The third kappa shape index (κ3) is 5.99. The van der Waals surface area contributed by atoms with E-state index >= 15 is 0 Å². The smallest absolute Gasteiger partial charge is 0.363 e. The molecule has 1 aliphatic rings. The van der Waals surface area contributed by atoms with E-state index in [1.165, 1.54) is 30.3 Å². The van der Waals surface area contributed by atoms with Crippen LogP contribution in [0.2, 0.25) is 0 Å². The van der Waals surface area contributed by atoms with Crippen molar-refractivity contribution in [1.82, 2.24) is 0 Å². The van der Waals surface area contributed by atoms with Crippen molar-refractivity contribution in [3.8, 4) is 17.2 Å². The summed E-state index contributed by atoms with van der Waals surface area (Å²) >= 11 is 0. The van der Waals surface area contributed by atoms with Gasteiger partial charge < -0.3 is 18.9 Å². The van der Waals surface area contributed by atoms with E-state index in [-0.39, 0.29) is 41.0 Å². The molecule has 0 aliphatic carbocycles. The van der Waals surface area contributed by atoms with Crippen molar-refractivity contribution in [1.29, 1.82) is 0 Å². The molecule has 188 valence electrons. The number of nitro benzene ring substituents is 1. The van der Waals surface area contributed by atoms with E-state index in [2.05, 4.69) is 4.99 Å². The minimum Gasteiger partial charge on any atom is -0.494 e. The lowest BCUT2D eigenvalue weighted by molar-refractivity contribution is -0.384. The van der Waals surface area contributed by atoms with Crippen LogP contribution >= 0.6 is 0 Å². The molecule has 37 heavy (non-hydrogen) atoms. The Hall–Kier alpha value is -4.99. The normalized spacial score (nSPS) is 13.6. The standard InChI is InChI=1S/C27H22N2O8/c1-3-34-21-11-9-18(10-12-21)25-28-22(27(31)37-25)14-17-8-13-23(24(15-17)35-4-2)36-26(30)19-6-5-7-20(16-19)29(32)33/h5-16H,3-4H2,1-2H3/b22-14-. The molecule has 0 atom stereocenters. The number of hydrogen-bond acceptors (Lipinski definition) is 9. The molecule has 1 aliphatic heterocycles. The molecular formula is C27H22N2O8. The number of benzene rings is 3. The summed E-state index contributed by atoms with van der Waals surface area (Å²) in [5.41, 5.74) is 1.07. The Morgan fingerprint density at radius 2 is 1.76 bits per heavy atom. The first-order valence-corrected chi connectivity index (χ1v) is 11.4. The third-order valence-corrected chi connectivity index (χ3v) is 5.10. The number of rotatable bonds is 9. The molecule has 0 bridgehead atoms. The topological polar surface area (TPSA) is 127 Å². The molecule has 3 aromatic carbocycles. The van der Waals surface area contributed by atoms with Crippen molar-refractivity contribution in [2.24, 2.45) is 4.99 Å². The molecule has 0 unspecified atom stereocenters. The Morgan fingerprint density at radius 3 is 2.46 bits per heavy atom. The van der Waals surface area contributed by atoms with E-state index in [4.69, 9.17) is 18.9 Å². The number of cyclic esters (lactones) is 1. The number of non-ortho nitro benzene ring substituents is 1. The maximum atomic E-state index is 12.6. The van der Waals surface area contributed by atoms with E-state index in [1.807, 2.05) is 6.92 Å². The molecule has 0 saturated carbocycles. The van der Waals surface area contributed by atoms with Gasteiger partial charge in [0.1, 0.15) is 5.75 Å². The molecule has 0 fully saturated rings. The van der Waals surface area contributed by atoms with E-state index in [9.17, 15) is 19.7 Å². The summed E-state index contributed by atoms with van der Waals surface area (Å²) < 4.78 is 21.8. The van der Waals surface area contributed by atoms with E-state index in [0.717, 1.165) is 6.07 Å². The number of aliphatic imine (C=N–C) groups is 1. The average molecular weight is 502 g/mol. The highest BCUT2D eigenvalue weighted by molar-refractivity contribution is 6.12. The van der Waals surface area contributed by atoms with Crippen LogP contribution in [0.5, 0.6) is 17.2 Å². The highest BCUT2D eigenvalue weighted by Crippen LogP contribution is 2.31. The maximum Gasteiger partial charge on any atom is 0.363 e. The van der Waals surface area contributed by atoms with Gasteiger partial charge in [-0.3, -0.25) is 10.1 Å². The largest absolute Gasteiger partial charge is 0.494 e. The van der Waals surface area contributed by atoms with Gasteiger partial charge in [0.05, 0.1) is 23.7 Å². The second-order valence-corrected chi connectivity index (χ2v) is 7.63. The summed E-state index contributed by atoms with van der Waals surface area (Å²) in [4.78, 5) is 39.7. The van der Waals surface area contributed by atoms with Gasteiger partial charge in [-0.15, -0.1) is 0 Å². The van der Waals surface area contributed by atoms with Gasteiger partial charge in [0.15, 0.2) is 17.2 Å². The molecule has 0 amide bonds. The van der Waals surface area contributed by atoms with Gasteiger partial charge in [-0.05, 0) is 68.0 Å². The van der Waals surface area contributed by atoms with Crippen LogP contribution in [0.3, 0.4) is 0 Å². The predicted molar refractivity (Wildman–Crippen MR) is 134 cm³/mol. The summed E-state index contributed by atoms with van der Waals surface area (Å²) in [5, 5.41) is 11.0. The molecule has 0 radical (unpaired) electrons. The van der Waals surface area contributed by atoms with Gasteiger partial charge in [-0.2, -0.15) is 0 Å². The number of esters is 2. The van der Waals surface area contributed by atoms with Crippen molar-refractivity contribution in [2.75, 3.05) is 13.2 Å². The van der Waals surface area contributed by atoms with E-state index in [1.54, 1.807) is 43.3 Å². The molecular weight excluding hydrogens is 480 g/mol. The Labute approximate surface area is 211 Å². The molecule has 0 saturated heterocycles. The summed E-state index contributed by atoms with van der Waals surface area (Å²) in [7, 11) is 0. The van der Waals surface area contributed by atoms with Gasteiger partial charge >= 0.3 is 11.9 Å². The molecule has 10 heteroatoms. The number of ether oxygens (including phenoxy) is 4. The molecule has 0 aromatic heterocycles. The summed E-state index contributed by atoms with van der Waals surface area (Å²) in [6.45, 7) is 4.47. The van der Waals surface area contributed by atoms with Gasteiger partial charge in [0.25, 0.3) is 5.69 Å². The highest BCUT2D eigenvalue weighted by atomic mass is 16.6. The van der Waals surface area contributed by atoms with Crippen molar-refractivity contribution in [2.45, 2.75) is 13.8 Å². The fourth-order valence-electron chi connectivity index (χ4n) is 3.42. The first-order chi connectivity index (χ1) is 17.9. The third-order valence-electron chi connectivity index (χ3n) is 5.10. The Morgan fingerprint density at radius 1 is 1.00 bits per heavy atom. The zero-order valence-corrected chi connectivity index (χ0v) is 20.0. The molecule has 0 N–H and O–H groups in total. The SMILES string of the molecule is CCOc1ccc(C2=N/C(=C\c3ccc(OC(=O)c4cccc([N+](=O)[O-])c4)c(OCC)c3)C(=O)O2)cc1. The van der Waals surface area contributed by atoms with Crippen LogP contribution in [0, 0.1) is 10.1 Å². The second-order valence-electron chi connectivity index (χ2n) is 7.63. The van der Waals surface area contributed by atoms with Crippen LogP contribution in [0.25, 0.3) is 6.08 Å². The van der Waals surface area contributed by atoms with Crippen LogP contribution in [-0.4, -0.2) is 36.0 Å². The van der Waals surface area contributed by atoms with Crippen molar-refractivity contribution < 1.29 is 33.5 Å². The molecule has 1 heterocycles. The fraction of sp³-hybridized carbons (Fsp3) is 0.148. The van der Waals surface area contributed by atoms with Gasteiger partial charge in [-0.25, -0.2) is 14.6 Å². The summed E-state index contributed by atoms with van der Waals surface area (Å²) in [6, 6.07) is 17.0. The minimum atomic E-state index is -0.778. The van der Waals surface area contributed by atoms with Gasteiger partial charge in [0.2, 0.25) is 5.90 Å². The number of carbonyl (C=O) groups excluding carboxylic acids is 2. The summed E-state index contributed by atoms with van der Waals surface area (Å²) in [6.07, 6.45) is 1.53. The predicted octanol–water partition coefficient (Wildman–Crippen LogP) is 4.96. The lowest BCUT2D eigenvalue weighted by Gasteiger charge is -2.11. The Balaban J connectivity index is 1.56. The van der Waals surface area contributed by atoms with Crippen molar-refractivity contribution in [3.63, 3.8) is 0 Å². The van der Waals surface area contributed by atoms with Crippen LogP contribution in [0.4, 0.5) is 5.69 Å². The Bertz CT molecular complexity index is 1410. The average Bonchev–Trinajstić information content (AvgIpc) is 3.26. The second kappa shape index (κ2) is 11.2.